The minimum absolute atomic E-state index is 0.138. The molecule has 11 heteroatoms. The number of carbonyl (C=O) groups excluding carboxylic acids is 1. The zero-order valence-corrected chi connectivity index (χ0v) is 20.4. The summed E-state index contributed by atoms with van der Waals surface area (Å²) >= 11 is 1.36. The number of carbonyl (C=O) groups is 1. The lowest BCUT2D eigenvalue weighted by Crippen LogP contribution is -2.51. The predicted octanol–water partition coefficient (Wildman–Crippen LogP) is 4.77. The molecule has 2 aromatic carbocycles. The molecule has 35 heavy (non-hydrogen) atoms. The van der Waals surface area contributed by atoms with Crippen LogP contribution in [0.3, 0.4) is 0 Å². The molecule has 0 N–H and O–H groups in total. The second kappa shape index (κ2) is 10.3. The summed E-state index contributed by atoms with van der Waals surface area (Å²) in [6.45, 7) is 7.02. The van der Waals surface area contributed by atoms with Gasteiger partial charge in [0, 0.05) is 38.3 Å². The van der Waals surface area contributed by atoms with Crippen molar-refractivity contribution in [3.05, 3.63) is 47.5 Å². The number of hydrogen-bond acceptors (Lipinski definition) is 8. The fourth-order valence-corrected chi connectivity index (χ4v) is 5.25. The third-order valence-corrected chi connectivity index (χ3v) is 6.70. The van der Waals surface area contributed by atoms with Gasteiger partial charge in [-0.25, -0.2) is 9.78 Å². The van der Waals surface area contributed by atoms with Crippen LogP contribution in [-0.2, 0) is 16.1 Å². The number of hydrogen-bond donors (Lipinski definition) is 0. The van der Waals surface area contributed by atoms with E-state index in [0.717, 1.165) is 42.4 Å². The SMILES string of the molecule is COC(=O)COc1cc(C)cc(CN2CCN(c3nc4ccc(OC(F)(F)F)cc4s3)[C@H](C)C2)c1. The Kier molecular flexibility index (Phi) is 7.36. The number of anilines is 1. The number of thiazole rings is 1. The Bertz CT molecular complexity index is 1200. The first-order chi connectivity index (χ1) is 16.6. The first-order valence-electron chi connectivity index (χ1n) is 11.0. The van der Waals surface area contributed by atoms with E-state index in [0.29, 0.717) is 16.0 Å². The highest BCUT2D eigenvalue weighted by atomic mass is 32.1. The molecule has 1 saturated heterocycles. The number of benzene rings is 2. The van der Waals surface area contributed by atoms with Crippen LogP contribution in [0.15, 0.2) is 36.4 Å². The highest BCUT2D eigenvalue weighted by Crippen LogP contribution is 2.34. The van der Waals surface area contributed by atoms with Crippen molar-refractivity contribution in [2.75, 3.05) is 38.3 Å². The number of aryl methyl sites for hydroxylation is 1. The van der Waals surface area contributed by atoms with Crippen molar-refractivity contribution in [3.63, 3.8) is 0 Å². The first-order valence-corrected chi connectivity index (χ1v) is 11.9. The monoisotopic (exact) mass is 509 g/mol. The van der Waals surface area contributed by atoms with Crippen molar-refractivity contribution < 1.29 is 32.2 Å². The predicted molar refractivity (Wildman–Crippen MR) is 127 cm³/mol. The van der Waals surface area contributed by atoms with Crippen LogP contribution in [0.2, 0.25) is 0 Å². The molecule has 1 aliphatic rings. The van der Waals surface area contributed by atoms with Crippen molar-refractivity contribution in [2.45, 2.75) is 32.8 Å². The first kappa shape index (κ1) is 25.1. The Morgan fingerprint density at radius 2 is 1.97 bits per heavy atom. The number of esters is 1. The summed E-state index contributed by atoms with van der Waals surface area (Å²) in [6, 6.07) is 10.3. The molecule has 1 fully saturated rings. The average Bonchev–Trinajstić information content (AvgIpc) is 3.19. The van der Waals surface area contributed by atoms with Crippen molar-refractivity contribution >= 4 is 32.7 Å². The molecule has 0 spiro atoms. The maximum absolute atomic E-state index is 12.5. The van der Waals surface area contributed by atoms with Gasteiger partial charge in [-0.05, 0) is 49.2 Å². The van der Waals surface area contributed by atoms with Gasteiger partial charge in [0.25, 0.3) is 0 Å². The van der Waals surface area contributed by atoms with E-state index < -0.39 is 12.3 Å². The lowest BCUT2D eigenvalue weighted by atomic mass is 10.1. The fourth-order valence-electron chi connectivity index (χ4n) is 4.13. The number of ether oxygens (including phenoxy) is 3. The average molecular weight is 510 g/mol. The summed E-state index contributed by atoms with van der Waals surface area (Å²) < 4.78 is 52.5. The van der Waals surface area contributed by atoms with Crippen molar-refractivity contribution in [2.24, 2.45) is 0 Å². The highest BCUT2D eigenvalue weighted by molar-refractivity contribution is 7.22. The molecule has 3 aromatic rings. The van der Waals surface area contributed by atoms with Gasteiger partial charge in [0.15, 0.2) is 11.7 Å². The van der Waals surface area contributed by atoms with E-state index in [4.69, 9.17) is 4.74 Å². The van der Waals surface area contributed by atoms with Crippen molar-refractivity contribution in [1.82, 2.24) is 9.88 Å². The van der Waals surface area contributed by atoms with Crippen molar-refractivity contribution in [3.8, 4) is 11.5 Å². The van der Waals surface area contributed by atoms with Crippen LogP contribution in [0.4, 0.5) is 18.3 Å². The number of fused-ring (bicyclic) bond motifs is 1. The summed E-state index contributed by atoms with van der Waals surface area (Å²) in [5, 5.41) is 0.783. The number of halogens is 3. The highest BCUT2D eigenvalue weighted by Gasteiger charge is 2.31. The number of rotatable bonds is 7. The molecule has 1 aromatic heterocycles. The number of nitrogens with zero attached hydrogens (tertiary/aromatic N) is 3. The van der Waals surface area contributed by atoms with Crippen LogP contribution in [0.25, 0.3) is 10.2 Å². The van der Waals surface area contributed by atoms with Crippen molar-refractivity contribution in [1.29, 1.82) is 0 Å². The summed E-state index contributed by atoms with van der Waals surface area (Å²) in [4.78, 5) is 20.5. The Morgan fingerprint density at radius 3 is 2.69 bits per heavy atom. The largest absolute Gasteiger partial charge is 0.573 e. The van der Waals surface area contributed by atoms with Gasteiger partial charge in [0.05, 0.1) is 17.3 Å². The maximum Gasteiger partial charge on any atom is 0.573 e. The molecule has 0 bridgehead atoms. The Labute approximate surface area is 205 Å². The van der Waals surface area contributed by atoms with Crippen LogP contribution < -0.4 is 14.4 Å². The van der Waals surface area contributed by atoms with E-state index >= 15 is 0 Å². The zero-order valence-electron chi connectivity index (χ0n) is 19.6. The van der Waals surface area contributed by atoms with E-state index in [1.165, 1.54) is 30.6 Å². The number of aromatic nitrogens is 1. The lowest BCUT2D eigenvalue weighted by Gasteiger charge is -2.39. The molecule has 2 heterocycles. The van der Waals surface area contributed by atoms with Crippen LogP contribution in [0.1, 0.15) is 18.1 Å². The number of alkyl halides is 3. The summed E-state index contributed by atoms with van der Waals surface area (Å²) in [5.74, 6) is -0.0523. The molecule has 188 valence electrons. The summed E-state index contributed by atoms with van der Waals surface area (Å²) in [6.07, 6.45) is -4.72. The normalized spacial score (nSPS) is 17.0. The molecular formula is C24H26F3N3O4S. The van der Waals surface area contributed by atoms with Crippen LogP contribution in [0.5, 0.6) is 11.5 Å². The fraction of sp³-hybridized carbons (Fsp3) is 0.417. The minimum atomic E-state index is -4.72. The van der Waals surface area contributed by atoms with Gasteiger partial charge < -0.3 is 19.1 Å². The molecule has 0 saturated carbocycles. The Hall–Kier alpha value is -3.05. The van der Waals surface area contributed by atoms with E-state index in [1.54, 1.807) is 6.07 Å². The molecule has 0 amide bonds. The standard InChI is InChI=1S/C24H26F3N3O4S/c1-15-8-17(10-19(9-15)33-14-22(31)32-3)13-29-6-7-30(16(2)12-29)23-28-20-5-4-18(11-21(20)35-23)34-24(25,26)27/h4-5,8-11,16H,6-7,12-14H2,1-3H3/t16-/m1/s1. The number of methoxy groups -OCH3 is 1. The van der Waals surface area contributed by atoms with Gasteiger partial charge in [-0.2, -0.15) is 0 Å². The lowest BCUT2D eigenvalue weighted by molar-refractivity contribution is -0.274. The van der Waals surface area contributed by atoms with Gasteiger partial charge in [-0.1, -0.05) is 17.4 Å². The molecule has 1 atom stereocenters. The van der Waals surface area contributed by atoms with Crippen LogP contribution in [0, 0.1) is 6.92 Å². The van der Waals surface area contributed by atoms with E-state index in [9.17, 15) is 18.0 Å². The second-order valence-corrected chi connectivity index (χ2v) is 9.48. The third kappa shape index (κ3) is 6.55. The van der Waals surface area contributed by atoms with Gasteiger partial charge in [-0.3, -0.25) is 4.90 Å². The maximum atomic E-state index is 12.5. The molecule has 0 radical (unpaired) electrons. The summed E-state index contributed by atoms with van der Waals surface area (Å²) in [5.41, 5.74) is 2.77. The van der Waals surface area contributed by atoms with Gasteiger partial charge in [0.2, 0.25) is 0 Å². The van der Waals surface area contributed by atoms with Crippen LogP contribution >= 0.6 is 11.3 Å². The van der Waals surface area contributed by atoms with Gasteiger partial charge in [0.1, 0.15) is 11.5 Å². The van der Waals surface area contributed by atoms with Crippen LogP contribution in [-0.4, -0.2) is 61.6 Å². The van der Waals surface area contributed by atoms with E-state index in [2.05, 4.69) is 37.2 Å². The zero-order chi connectivity index (χ0) is 25.2. The number of piperazine rings is 1. The van der Waals surface area contributed by atoms with Gasteiger partial charge >= 0.3 is 12.3 Å². The molecular weight excluding hydrogens is 483 g/mol. The smallest absolute Gasteiger partial charge is 0.482 e. The molecule has 4 rings (SSSR count). The Morgan fingerprint density at radius 1 is 1.17 bits per heavy atom. The minimum Gasteiger partial charge on any atom is -0.482 e. The van der Waals surface area contributed by atoms with E-state index in [-0.39, 0.29) is 18.4 Å². The molecule has 0 unspecified atom stereocenters. The Balaban J connectivity index is 1.40. The molecule has 7 nitrogen and oxygen atoms in total. The molecule has 0 aliphatic carbocycles. The topological polar surface area (TPSA) is 64.1 Å². The summed E-state index contributed by atoms with van der Waals surface area (Å²) in [7, 11) is 1.32. The molecule has 1 aliphatic heterocycles. The quantitative estimate of drug-likeness (QED) is 0.426. The third-order valence-electron chi connectivity index (χ3n) is 5.64. The second-order valence-electron chi connectivity index (χ2n) is 8.47. The van der Waals surface area contributed by atoms with E-state index in [1.807, 2.05) is 19.1 Å². The van der Waals surface area contributed by atoms with Gasteiger partial charge in [-0.15, -0.1) is 13.2 Å².